The number of methoxy groups -OCH3 is 1. The van der Waals surface area contributed by atoms with Crippen molar-refractivity contribution >= 4 is 39.3 Å². The van der Waals surface area contributed by atoms with Gasteiger partial charge in [0.2, 0.25) is 0 Å². The van der Waals surface area contributed by atoms with E-state index in [1.807, 2.05) is 56.3 Å². The highest BCUT2D eigenvalue weighted by molar-refractivity contribution is 7.16. The number of hydrogen-bond acceptors (Lipinski definition) is 6. The molecule has 3 aromatic carbocycles. The largest absolute Gasteiger partial charge is 0.507 e. The highest BCUT2D eigenvalue weighted by atomic mass is 32.1. The second-order valence-electron chi connectivity index (χ2n) is 7.68. The first-order valence-electron chi connectivity index (χ1n) is 10.6. The molecule has 4 rings (SSSR count). The molecule has 0 aliphatic carbocycles. The number of carbonyl (C=O) groups excluding carboxylic acids is 1. The Bertz CT molecular complexity index is 1370. The number of nitrogens with zero attached hydrogens (tertiary/aromatic N) is 1. The molecule has 0 aliphatic rings. The molecular weight excluding hydrogens is 434 g/mol. The van der Waals surface area contributed by atoms with Crippen molar-refractivity contribution in [2.45, 2.75) is 20.8 Å². The van der Waals surface area contributed by atoms with E-state index in [2.05, 4.69) is 11.1 Å². The van der Waals surface area contributed by atoms with Crippen LogP contribution in [-0.4, -0.2) is 31.0 Å². The molecule has 0 spiro atoms. The lowest BCUT2D eigenvalue weighted by Crippen LogP contribution is -2.05. The number of phenolic OH excluding ortho intramolecular Hbond substituents is 1. The summed E-state index contributed by atoms with van der Waals surface area (Å²) in [6.45, 7) is 5.98. The zero-order valence-corrected chi connectivity index (χ0v) is 19.8. The molecule has 0 saturated heterocycles. The third-order valence-corrected chi connectivity index (χ3v) is 6.40. The minimum Gasteiger partial charge on any atom is -0.507 e. The third-order valence-electron chi connectivity index (χ3n) is 5.39. The van der Waals surface area contributed by atoms with Gasteiger partial charge in [0.05, 0.1) is 13.7 Å². The molecule has 0 atom stereocenters. The van der Waals surface area contributed by atoms with Gasteiger partial charge in [0.1, 0.15) is 22.1 Å². The molecule has 168 valence electrons. The van der Waals surface area contributed by atoms with Crippen molar-refractivity contribution in [2.75, 3.05) is 13.7 Å². The Morgan fingerprint density at radius 3 is 2.58 bits per heavy atom. The maximum atomic E-state index is 13.0. The molecule has 6 heteroatoms. The van der Waals surface area contributed by atoms with E-state index in [-0.39, 0.29) is 12.4 Å². The number of rotatable bonds is 6. The fourth-order valence-corrected chi connectivity index (χ4v) is 4.78. The summed E-state index contributed by atoms with van der Waals surface area (Å²) < 4.78 is 10.7. The number of aromatic hydroxyl groups is 1. The number of ether oxygens (including phenoxy) is 2. The topological polar surface area (TPSA) is 68.1 Å². The molecule has 5 nitrogen and oxygen atoms in total. The molecule has 0 unspecified atom stereocenters. The molecule has 0 aliphatic heterocycles. The van der Waals surface area contributed by atoms with Gasteiger partial charge in [0, 0.05) is 22.2 Å². The van der Waals surface area contributed by atoms with Crippen LogP contribution in [0.15, 0.2) is 59.6 Å². The van der Waals surface area contributed by atoms with Gasteiger partial charge in [-0.15, -0.1) is 11.3 Å². The number of aryl methyl sites for hydroxylation is 2. The number of fused-ring (bicyclic) bond motifs is 1. The lowest BCUT2D eigenvalue weighted by atomic mass is 9.98. The average molecular weight is 460 g/mol. The van der Waals surface area contributed by atoms with E-state index in [1.165, 1.54) is 11.3 Å². The van der Waals surface area contributed by atoms with Gasteiger partial charge in [-0.2, -0.15) is 0 Å². The molecule has 0 radical (unpaired) electrons. The quantitative estimate of drug-likeness (QED) is 0.254. The van der Waals surface area contributed by atoms with Crippen molar-refractivity contribution < 1.29 is 19.4 Å². The van der Waals surface area contributed by atoms with Gasteiger partial charge in [-0.25, -0.2) is 9.79 Å². The van der Waals surface area contributed by atoms with E-state index >= 15 is 0 Å². The molecule has 0 fully saturated rings. The zero-order valence-electron chi connectivity index (χ0n) is 19.0. The number of esters is 1. The second kappa shape index (κ2) is 9.46. The minimum atomic E-state index is -0.410. The van der Waals surface area contributed by atoms with E-state index in [9.17, 15) is 9.90 Å². The highest BCUT2D eigenvalue weighted by Crippen LogP contribution is 2.43. The number of aliphatic imine (C=N–C) groups is 1. The summed E-state index contributed by atoms with van der Waals surface area (Å²) in [6, 6.07) is 17.3. The monoisotopic (exact) mass is 459 g/mol. The van der Waals surface area contributed by atoms with Gasteiger partial charge in [-0.05, 0) is 67.4 Å². The van der Waals surface area contributed by atoms with E-state index in [0.29, 0.717) is 16.1 Å². The first kappa shape index (κ1) is 22.6. The summed E-state index contributed by atoms with van der Waals surface area (Å²) in [5.41, 5.74) is 3.78. The van der Waals surface area contributed by atoms with Crippen LogP contribution >= 0.6 is 11.3 Å². The lowest BCUT2D eigenvalue weighted by Gasteiger charge is -2.09. The van der Waals surface area contributed by atoms with Gasteiger partial charge in [-0.1, -0.05) is 29.8 Å². The van der Waals surface area contributed by atoms with E-state index in [1.54, 1.807) is 26.3 Å². The Morgan fingerprint density at radius 1 is 1.06 bits per heavy atom. The van der Waals surface area contributed by atoms with Crippen molar-refractivity contribution in [1.82, 2.24) is 0 Å². The highest BCUT2D eigenvalue weighted by Gasteiger charge is 2.24. The molecule has 1 heterocycles. The average Bonchev–Trinajstić information content (AvgIpc) is 3.15. The lowest BCUT2D eigenvalue weighted by molar-refractivity contribution is 0.0528. The van der Waals surface area contributed by atoms with Gasteiger partial charge in [0.25, 0.3) is 0 Å². The van der Waals surface area contributed by atoms with Crippen molar-refractivity contribution in [2.24, 2.45) is 4.99 Å². The van der Waals surface area contributed by atoms with Crippen molar-refractivity contribution in [3.05, 3.63) is 76.2 Å². The van der Waals surface area contributed by atoms with Crippen LogP contribution in [0.5, 0.6) is 11.5 Å². The Hall–Kier alpha value is -3.64. The van der Waals surface area contributed by atoms with Crippen LogP contribution in [0.4, 0.5) is 5.00 Å². The van der Waals surface area contributed by atoms with E-state index in [0.717, 1.165) is 38.1 Å². The first-order valence-corrected chi connectivity index (χ1v) is 11.4. The fourth-order valence-electron chi connectivity index (χ4n) is 3.77. The first-order chi connectivity index (χ1) is 15.9. The number of benzene rings is 3. The van der Waals surface area contributed by atoms with E-state index in [4.69, 9.17) is 9.47 Å². The van der Waals surface area contributed by atoms with Gasteiger partial charge < -0.3 is 14.6 Å². The van der Waals surface area contributed by atoms with Gasteiger partial charge >= 0.3 is 5.97 Å². The smallest absolute Gasteiger partial charge is 0.341 e. The van der Waals surface area contributed by atoms with E-state index < -0.39 is 5.97 Å². The Kier molecular flexibility index (Phi) is 6.47. The molecule has 1 aromatic heterocycles. The van der Waals surface area contributed by atoms with Crippen LogP contribution in [0, 0.1) is 13.8 Å². The number of thiophene rings is 1. The second-order valence-corrected chi connectivity index (χ2v) is 8.89. The maximum absolute atomic E-state index is 13.0. The third kappa shape index (κ3) is 4.61. The van der Waals surface area contributed by atoms with Crippen molar-refractivity contribution in [3.8, 4) is 22.6 Å². The predicted molar refractivity (Wildman–Crippen MR) is 135 cm³/mol. The van der Waals surface area contributed by atoms with Crippen LogP contribution < -0.4 is 4.74 Å². The molecule has 33 heavy (non-hydrogen) atoms. The number of hydrogen-bond donors (Lipinski definition) is 1. The summed E-state index contributed by atoms with van der Waals surface area (Å²) in [5, 5.41) is 12.8. The summed E-state index contributed by atoms with van der Waals surface area (Å²) in [7, 11) is 1.65. The van der Waals surface area contributed by atoms with Crippen LogP contribution in [0.3, 0.4) is 0 Å². The molecule has 0 amide bonds. The van der Waals surface area contributed by atoms with Crippen LogP contribution in [0.1, 0.15) is 33.3 Å². The van der Waals surface area contributed by atoms with Gasteiger partial charge in [0.15, 0.2) is 0 Å². The Balaban J connectivity index is 1.84. The van der Waals surface area contributed by atoms with Crippen LogP contribution in [0.2, 0.25) is 0 Å². The van der Waals surface area contributed by atoms with Gasteiger partial charge in [-0.3, -0.25) is 0 Å². The summed E-state index contributed by atoms with van der Waals surface area (Å²) in [5.74, 6) is 0.526. The molecular formula is C27H25NO4S. The maximum Gasteiger partial charge on any atom is 0.341 e. The summed E-state index contributed by atoms with van der Waals surface area (Å²) in [4.78, 5) is 18.6. The minimum absolute atomic E-state index is 0.139. The molecule has 0 bridgehead atoms. The molecule has 1 N–H and O–H groups in total. The SMILES string of the molecule is CCOC(=O)c1c(/N=C/c2cc(C)ccc2O)sc(C)c1-c1ccc2cc(OC)ccc2c1. The standard InChI is InChI=1S/C27H25NO4S/c1-5-32-27(30)25-24(20-8-7-19-14-22(31-4)10-9-18(19)13-20)17(3)33-26(25)28-15-21-12-16(2)6-11-23(21)29/h6-15,29H,5H2,1-4H3/b28-15+. The number of phenols is 1. The van der Waals surface area contributed by atoms with Crippen molar-refractivity contribution in [3.63, 3.8) is 0 Å². The molecule has 4 aromatic rings. The zero-order chi connectivity index (χ0) is 23.5. The van der Waals surface area contributed by atoms with Crippen molar-refractivity contribution in [1.29, 1.82) is 0 Å². The Labute approximate surface area is 197 Å². The Morgan fingerprint density at radius 2 is 1.82 bits per heavy atom. The normalized spacial score (nSPS) is 11.3. The summed E-state index contributed by atoms with van der Waals surface area (Å²) >= 11 is 1.43. The number of carbonyl (C=O) groups is 1. The summed E-state index contributed by atoms with van der Waals surface area (Å²) in [6.07, 6.45) is 1.59. The fraction of sp³-hybridized carbons (Fsp3) is 0.185. The van der Waals surface area contributed by atoms with Crippen LogP contribution in [0.25, 0.3) is 21.9 Å². The van der Waals surface area contributed by atoms with Crippen LogP contribution in [-0.2, 0) is 4.74 Å². The predicted octanol–water partition coefficient (Wildman–Crippen LogP) is 6.83. The molecule has 0 saturated carbocycles.